The predicted octanol–water partition coefficient (Wildman–Crippen LogP) is 2.45. The number of hydrogen-bond acceptors (Lipinski definition) is 6. The maximum atomic E-state index is 13.5. The van der Waals surface area contributed by atoms with E-state index in [1.807, 2.05) is 23.1 Å². The number of rotatable bonds is 7. The molecule has 34 heavy (non-hydrogen) atoms. The second-order valence-electron chi connectivity index (χ2n) is 8.81. The van der Waals surface area contributed by atoms with E-state index in [1.165, 1.54) is 30.2 Å². The van der Waals surface area contributed by atoms with Crippen molar-refractivity contribution in [3.8, 4) is 11.5 Å². The molecule has 0 spiro atoms. The van der Waals surface area contributed by atoms with Gasteiger partial charge >= 0.3 is 0 Å². The van der Waals surface area contributed by atoms with Gasteiger partial charge in [0.05, 0.1) is 20.1 Å². The molecule has 4 rings (SSSR count). The van der Waals surface area contributed by atoms with E-state index in [1.54, 1.807) is 12.1 Å². The Morgan fingerprint density at radius 1 is 0.971 bits per heavy atom. The van der Waals surface area contributed by atoms with Crippen LogP contribution < -0.4 is 9.47 Å². The molecule has 0 saturated carbocycles. The summed E-state index contributed by atoms with van der Waals surface area (Å²) in [7, 11) is -0.890. The molecule has 184 valence electrons. The Labute approximate surface area is 202 Å². The van der Waals surface area contributed by atoms with Gasteiger partial charge < -0.3 is 14.4 Å². The molecule has 2 aromatic carbocycles. The molecule has 1 atom stereocenters. The van der Waals surface area contributed by atoms with Crippen LogP contribution in [0.15, 0.2) is 53.4 Å². The third-order valence-corrected chi connectivity index (χ3v) is 8.54. The molecule has 2 aliphatic heterocycles. The second-order valence-corrected chi connectivity index (χ2v) is 10.7. The van der Waals surface area contributed by atoms with Gasteiger partial charge in [-0.1, -0.05) is 30.3 Å². The number of sulfonamides is 1. The van der Waals surface area contributed by atoms with Crippen LogP contribution >= 0.6 is 0 Å². The molecule has 0 aliphatic carbocycles. The van der Waals surface area contributed by atoms with E-state index >= 15 is 0 Å². The van der Waals surface area contributed by atoms with Crippen molar-refractivity contribution >= 4 is 15.9 Å². The maximum Gasteiger partial charge on any atom is 0.246 e. The first-order valence-corrected chi connectivity index (χ1v) is 13.1. The second kappa shape index (κ2) is 10.8. The average Bonchev–Trinajstić information content (AvgIpc) is 2.89. The zero-order valence-electron chi connectivity index (χ0n) is 19.9. The summed E-state index contributed by atoms with van der Waals surface area (Å²) in [5, 5.41) is 0. The van der Waals surface area contributed by atoms with E-state index < -0.39 is 10.0 Å². The maximum absolute atomic E-state index is 13.5. The zero-order chi connectivity index (χ0) is 24.1. The number of carbonyl (C=O) groups is 1. The van der Waals surface area contributed by atoms with Crippen molar-refractivity contribution in [3.05, 3.63) is 54.1 Å². The largest absolute Gasteiger partial charge is 0.497 e. The van der Waals surface area contributed by atoms with Gasteiger partial charge in [-0.3, -0.25) is 9.69 Å². The Bertz CT molecular complexity index is 1080. The molecule has 2 aromatic rings. The van der Waals surface area contributed by atoms with Gasteiger partial charge in [0, 0.05) is 51.9 Å². The van der Waals surface area contributed by atoms with Crippen LogP contribution in [0.5, 0.6) is 11.5 Å². The lowest BCUT2D eigenvalue weighted by Crippen LogP contribution is -2.52. The lowest BCUT2D eigenvalue weighted by molar-refractivity contribution is -0.138. The third-order valence-electron chi connectivity index (χ3n) is 6.65. The van der Waals surface area contributed by atoms with Crippen molar-refractivity contribution in [2.45, 2.75) is 24.3 Å². The van der Waals surface area contributed by atoms with E-state index in [0.29, 0.717) is 38.2 Å². The van der Waals surface area contributed by atoms with E-state index in [4.69, 9.17) is 9.47 Å². The zero-order valence-corrected chi connectivity index (χ0v) is 20.7. The number of piperidine rings is 1. The molecular weight excluding hydrogens is 454 g/mol. The van der Waals surface area contributed by atoms with Crippen LogP contribution in [0.2, 0.25) is 0 Å². The van der Waals surface area contributed by atoms with Crippen LogP contribution in [0, 0.1) is 5.92 Å². The number of piperazine rings is 1. The van der Waals surface area contributed by atoms with Gasteiger partial charge in [0.15, 0.2) is 0 Å². The summed E-state index contributed by atoms with van der Waals surface area (Å²) in [6.45, 7) is 4.41. The highest BCUT2D eigenvalue weighted by atomic mass is 32.2. The quantitative estimate of drug-likeness (QED) is 0.597. The Morgan fingerprint density at radius 2 is 1.71 bits per heavy atom. The first kappa shape index (κ1) is 24.5. The summed E-state index contributed by atoms with van der Waals surface area (Å²) in [5.41, 5.74) is 1.27. The van der Waals surface area contributed by atoms with Crippen molar-refractivity contribution in [3.63, 3.8) is 0 Å². The summed E-state index contributed by atoms with van der Waals surface area (Å²) in [6, 6.07) is 15.1. The Morgan fingerprint density at radius 3 is 2.38 bits per heavy atom. The van der Waals surface area contributed by atoms with Crippen LogP contribution in [0.3, 0.4) is 0 Å². The molecule has 0 N–H and O–H groups in total. The van der Waals surface area contributed by atoms with Gasteiger partial charge in [-0.05, 0) is 30.5 Å². The van der Waals surface area contributed by atoms with Gasteiger partial charge in [0.2, 0.25) is 15.9 Å². The Kier molecular flexibility index (Phi) is 7.75. The minimum absolute atomic E-state index is 0.0527. The third kappa shape index (κ3) is 5.37. The standard InChI is InChI=1S/C25H33N3O5S/c1-32-22-10-11-23(33-2)24(17-22)34(30,31)28-12-6-9-21(19-28)25(29)27-15-13-26(14-16-27)18-20-7-4-3-5-8-20/h3-5,7-8,10-11,17,21H,6,9,12-16,18-19H2,1-2H3/t21-/m1/s1. The van der Waals surface area contributed by atoms with Crippen LogP contribution in [-0.2, 0) is 21.4 Å². The summed E-state index contributed by atoms with van der Waals surface area (Å²) in [5.74, 6) is 0.429. The molecule has 0 aromatic heterocycles. The monoisotopic (exact) mass is 487 g/mol. The lowest BCUT2D eigenvalue weighted by Gasteiger charge is -2.38. The summed E-state index contributed by atoms with van der Waals surface area (Å²) >= 11 is 0. The van der Waals surface area contributed by atoms with Gasteiger partial charge in [-0.2, -0.15) is 4.31 Å². The molecule has 0 unspecified atom stereocenters. The van der Waals surface area contributed by atoms with Gasteiger partial charge in [-0.15, -0.1) is 0 Å². The number of hydrogen-bond donors (Lipinski definition) is 0. The highest BCUT2D eigenvalue weighted by molar-refractivity contribution is 7.89. The predicted molar refractivity (Wildman–Crippen MR) is 129 cm³/mol. The number of ether oxygens (including phenoxy) is 2. The molecule has 8 nitrogen and oxygen atoms in total. The number of nitrogens with zero attached hydrogens (tertiary/aromatic N) is 3. The first-order valence-electron chi connectivity index (χ1n) is 11.7. The molecular formula is C25H33N3O5S. The van der Waals surface area contributed by atoms with E-state index in [-0.39, 0.29) is 29.0 Å². The Hall–Kier alpha value is -2.62. The van der Waals surface area contributed by atoms with Crippen LogP contribution in [0.25, 0.3) is 0 Å². The normalized spacial score (nSPS) is 20.2. The molecule has 2 saturated heterocycles. The molecule has 1 amide bonds. The first-order chi connectivity index (χ1) is 16.4. The van der Waals surface area contributed by atoms with E-state index in [0.717, 1.165) is 19.6 Å². The van der Waals surface area contributed by atoms with Crippen molar-refractivity contribution in [2.24, 2.45) is 5.92 Å². The van der Waals surface area contributed by atoms with Crippen molar-refractivity contribution in [1.29, 1.82) is 0 Å². The van der Waals surface area contributed by atoms with Crippen molar-refractivity contribution in [1.82, 2.24) is 14.1 Å². The molecule has 2 fully saturated rings. The van der Waals surface area contributed by atoms with Crippen molar-refractivity contribution < 1.29 is 22.7 Å². The molecule has 2 aliphatic rings. The number of amides is 1. The molecule has 0 bridgehead atoms. The van der Waals surface area contributed by atoms with E-state index in [9.17, 15) is 13.2 Å². The minimum atomic E-state index is -3.83. The number of benzene rings is 2. The lowest BCUT2D eigenvalue weighted by atomic mass is 9.97. The highest BCUT2D eigenvalue weighted by Crippen LogP contribution is 2.33. The number of carbonyl (C=O) groups excluding carboxylic acids is 1. The van der Waals surface area contributed by atoms with Crippen LogP contribution in [0.1, 0.15) is 18.4 Å². The summed E-state index contributed by atoms with van der Waals surface area (Å²) < 4.78 is 38.8. The fourth-order valence-corrected chi connectivity index (χ4v) is 6.41. The topological polar surface area (TPSA) is 79.4 Å². The number of methoxy groups -OCH3 is 2. The van der Waals surface area contributed by atoms with Gasteiger partial charge in [0.25, 0.3) is 0 Å². The van der Waals surface area contributed by atoms with Gasteiger partial charge in [-0.25, -0.2) is 8.42 Å². The summed E-state index contributed by atoms with van der Waals surface area (Å²) in [4.78, 5) is 17.6. The minimum Gasteiger partial charge on any atom is -0.497 e. The highest BCUT2D eigenvalue weighted by Gasteiger charge is 2.37. The average molecular weight is 488 g/mol. The SMILES string of the molecule is COc1ccc(OC)c(S(=O)(=O)N2CCC[C@@H](C(=O)N3CCN(Cc4ccccc4)CC3)C2)c1. The Balaban J connectivity index is 1.39. The smallest absolute Gasteiger partial charge is 0.246 e. The molecule has 9 heteroatoms. The van der Waals surface area contributed by atoms with Crippen LogP contribution in [-0.4, -0.2) is 81.9 Å². The van der Waals surface area contributed by atoms with Crippen LogP contribution in [0.4, 0.5) is 0 Å². The van der Waals surface area contributed by atoms with E-state index in [2.05, 4.69) is 17.0 Å². The summed E-state index contributed by atoms with van der Waals surface area (Å²) in [6.07, 6.45) is 1.35. The molecule has 2 heterocycles. The molecule has 0 radical (unpaired) electrons. The fourth-order valence-electron chi connectivity index (χ4n) is 4.71. The van der Waals surface area contributed by atoms with Crippen molar-refractivity contribution in [2.75, 3.05) is 53.5 Å². The fraction of sp³-hybridized carbons (Fsp3) is 0.480. The van der Waals surface area contributed by atoms with Gasteiger partial charge in [0.1, 0.15) is 16.4 Å².